The molecule has 0 saturated carbocycles. The van der Waals surface area contributed by atoms with Crippen molar-refractivity contribution >= 4 is 21.5 Å². The molecule has 0 amide bonds. The van der Waals surface area contributed by atoms with E-state index >= 15 is 0 Å². The Kier molecular flexibility index (Phi) is 12.3. The fraction of sp³-hybridized carbons (Fsp3) is 0.304. The fourth-order valence-electron chi connectivity index (χ4n) is 8.56. The third-order valence-electron chi connectivity index (χ3n) is 11.3. The number of halogens is 13. The number of nitrogens with zero attached hydrogens (tertiary/aromatic N) is 1. The highest BCUT2D eigenvalue weighted by Crippen LogP contribution is 2.52. The first-order valence-electron chi connectivity index (χ1n) is 19.2. The summed E-state index contributed by atoms with van der Waals surface area (Å²) in [6.07, 6.45) is -17.9. The molecule has 60 heavy (non-hydrogen) atoms. The van der Waals surface area contributed by atoms with Crippen LogP contribution < -0.4 is 17.0 Å². The number of fused-ring (bicyclic) bond motifs is 7. The van der Waals surface area contributed by atoms with E-state index < -0.39 is 47.0 Å². The second-order valence-electron chi connectivity index (χ2n) is 15.4. The Hall–Kier alpha value is -4.56. The van der Waals surface area contributed by atoms with Crippen LogP contribution in [-0.2, 0) is 37.8 Å². The van der Waals surface area contributed by atoms with Crippen LogP contribution in [0.1, 0.15) is 72.9 Å². The van der Waals surface area contributed by atoms with Gasteiger partial charge < -0.3 is 21.5 Å². The fourth-order valence-corrected chi connectivity index (χ4v) is 8.56. The van der Waals surface area contributed by atoms with E-state index in [1.54, 1.807) is 60.7 Å². The van der Waals surface area contributed by atoms with E-state index in [4.69, 9.17) is 0 Å². The number of quaternary nitrogens is 1. The Labute approximate surface area is 349 Å². The van der Waals surface area contributed by atoms with Gasteiger partial charge in [0.05, 0.1) is 35.3 Å². The summed E-state index contributed by atoms with van der Waals surface area (Å²) in [4.78, 5) is 0. The summed E-state index contributed by atoms with van der Waals surface area (Å²) in [6, 6.07) is 19.8. The van der Waals surface area contributed by atoms with Gasteiger partial charge in [-0.2, -0.15) is 52.7 Å². The Bertz CT molecular complexity index is 2310. The van der Waals surface area contributed by atoms with Crippen molar-refractivity contribution < 1.29 is 74.1 Å². The third-order valence-corrected chi connectivity index (χ3v) is 11.3. The first-order valence-corrected chi connectivity index (χ1v) is 19.2. The van der Waals surface area contributed by atoms with Crippen molar-refractivity contribution in [2.24, 2.45) is 0 Å². The predicted octanol–water partition coefficient (Wildman–Crippen LogP) is 12.5. The average molecular weight is 913 g/mol. The molecule has 0 spiro atoms. The molecule has 6 aromatic rings. The topological polar surface area (TPSA) is 0 Å². The summed E-state index contributed by atoms with van der Waals surface area (Å²) in [5, 5.41) is 2.08. The van der Waals surface area contributed by atoms with E-state index in [0.717, 1.165) is 0 Å². The summed E-state index contributed by atoms with van der Waals surface area (Å²) in [6.45, 7) is 5.03. The zero-order valence-corrected chi connectivity index (χ0v) is 33.8. The van der Waals surface area contributed by atoms with Gasteiger partial charge in [-0.05, 0) is 105 Å². The molecule has 7 rings (SSSR count). The molecular weight excluding hydrogens is 874 g/mol. The van der Waals surface area contributed by atoms with E-state index in [9.17, 15) is 52.7 Å². The number of benzene rings is 6. The van der Waals surface area contributed by atoms with Crippen LogP contribution in [0.15, 0.2) is 97.1 Å². The zero-order valence-electron chi connectivity index (χ0n) is 32.3. The lowest BCUT2D eigenvalue weighted by Gasteiger charge is -2.39. The molecule has 6 aromatic carbocycles. The lowest BCUT2D eigenvalue weighted by molar-refractivity contribution is -0.953. The van der Waals surface area contributed by atoms with Crippen molar-refractivity contribution in [3.05, 3.63) is 130 Å². The molecule has 0 aromatic heterocycles. The van der Waals surface area contributed by atoms with Crippen molar-refractivity contribution in [1.82, 2.24) is 0 Å². The van der Waals surface area contributed by atoms with Crippen LogP contribution in [0.4, 0.5) is 52.7 Å². The Morgan fingerprint density at radius 2 is 0.767 bits per heavy atom. The maximum Gasteiger partial charge on any atom is 0.416 e. The highest BCUT2D eigenvalue weighted by Gasteiger charge is 2.42. The Morgan fingerprint density at radius 1 is 0.450 bits per heavy atom. The molecule has 0 aliphatic carbocycles. The van der Waals surface area contributed by atoms with Crippen LogP contribution >= 0.6 is 0 Å². The van der Waals surface area contributed by atoms with Crippen molar-refractivity contribution in [3.63, 3.8) is 0 Å². The maximum absolute atomic E-state index is 14.4. The third kappa shape index (κ3) is 8.77. The maximum atomic E-state index is 14.4. The van der Waals surface area contributed by atoms with Crippen LogP contribution in [0.2, 0.25) is 0 Å². The first-order chi connectivity index (χ1) is 27.6. The average Bonchev–Trinajstić information content (AvgIpc) is 3.32. The van der Waals surface area contributed by atoms with Gasteiger partial charge in [0.1, 0.15) is 13.1 Å². The van der Waals surface area contributed by atoms with E-state index in [0.29, 0.717) is 107 Å². The summed E-state index contributed by atoms with van der Waals surface area (Å²) in [7, 11) is 0. The summed E-state index contributed by atoms with van der Waals surface area (Å²) in [5.41, 5.74) is -4.61. The number of rotatable bonds is 8. The smallest absolute Gasteiger partial charge is 0.416 e. The van der Waals surface area contributed by atoms with E-state index in [1.165, 1.54) is 0 Å². The molecule has 1 heterocycles. The van der Waals surface area contributed by atoms with Gasteiger partial charge in [-0.1, -0.05) is 75.2 Å². The molecule has 14 heteroatoms. The van der Waals surface area contributed by atoms with Crippen molar-refractivity contribution in [2.45, 2.75) is 77.3 Å². The molecule has 318 valence electrons. The van der Waals surface area contributed by atoms with Gasteiger partial charge in [-0.25, -0.2) is 0 Å². The Balaban J connectivity index is 0.00000604. The van der Waals surface area contributed by atoms with Crippen LogP contribution in [0.25, 0.3) is 54.9 Å². The largest absolute Gasteiger partial charge is 1.00 e. The normalized spacial score (nSPS) is 14.4. The molecule has 1 nitrogen and oxygen atoms in total. The van der Waals surface area contributed by atoms with Gasteiger partial charge in [0.25, 0.3) is 0 Å². The number of hydrogen-bond donors (Lipinski definition) is 0. The second kappa shape index (κ2) is 16.4. The van der Waals surface area contributed by atoms with Gasteiger partial charge in [0.15, 0.2) is 0 Å². The van der Waals surface area contributed by atoms with Crippen molar-refractivity contribution in [1.29, 1.82) is 0 Å². The lowest BCUT2D eigenvalue weighted by atomic mass is 9.81. The first kappa shape index (κ1) is 45.0. The number of hydrogen-bond acceptors (Lipinski definition) is 0. The molecule has 0 fully saturated rings. The van der Waals surface area contributed by atoms with Gasteiger partial charge in [-0.3, -0.25) is 0 Å². The van der Waals surface area contributed by atoms with Crippen molar-refractivity contribution in [3.8, 4) is 33.4 Å². The second-order valence-corrected chi connectivity index (χ2v) is 15.4. The molecular formula is C46H38BrF12N. The predicted molar refractivity (Wildman–Crippen MR) is 205 cm³/mol. The highest BCUT2D eigenvalue weighted by atomic mass is 79.9. The van der Waals surface area contributed by atoms with Crippen LogP contribution in [0.3, 0.4) is 0 Å². The van der Waals surface area contributed by atoms with E-state index in [1.807, 2.05) is 13.8 Å². The van der Waals surface area contributed by atoms with Crippen LogP contribution in [-0.4, -0.2) is 17.6 Å². The minimum absolute atomic E-state index is 0. The molecule has 0 unspecified atom stereocenters. The van der Waals surface area contributed by atoms with Crippen LogP contribution in [0, 0.1) is 0 Å². The molecule has 1 aliphatic heterocycles. The van der Waals surface area contributed by atoms with Gasteiger partial charge in [0.2, 0.25) is 0 Å². The van der Waals surface area contributed by atoms with Gasteiger partial charge >= 0.3 is 24.7 Å². The summed E-state index contributed by atoms with van der Waals surface area (Å²) < 4.78 is 173. The van der Waals surface area contributed by atoms with Crippen molar-refractivity contribution in [2.75, 3.05) is 13.1 Å². The number of alkyl halides is 12. The quantitative estimate of drug-likeness (QED) is 0.105. The van der Waals surface area contributed by atoms with Crippen LogP contribution in [0.5, 0.6) is 0 Å². The molecule has 1 aliphatic rings. The minimum atomic E-state index is -5.14. The lowest BCUT2D eigenvalue weighted by Crippen LogP contribution is -3.00. The molecule has 0 saturated heterocycles. The standard InChI is InChI=1S/C46H38F12N.BrH/c1-3-5-15-59(16-6-4-2)25-39-37(29-17-31(43(47,48)49)23-32(18-29)44(50,51)52)21-27-11-7-9-13-35(27)41(39)42-36-14-10-8-12-28(36)22-38(40(42)26-59)30-19-33(45(53,54)55)24-34(20-30)46(56,57)58;/h7-14,17-24H,3-6,15-16,25-26H2,1-2H3;1H/q+1;/p-1. The van der Waals surface area contributed by atoms with E-state index in [2.05, 4.69) is 0 Å². The highest BCUT2D eigenvalue weighted by molar-refractivity contribution is 6.12. The SMILES string of the molecule is CCCC[N+]1(CCCC)Cc2c(-c3cc(C(F)(F)F)cc(C(F)(F)F)c3)cc3ccccc3c2-c2c(c(-c3cc(C(F)(F)F)cc(C(F)(F)F)c3)cc3ccccc23)C1.[Br-]. The zero-order chi connectivity index (χ0) is 42.7. The summed E-state index contributed by atoms with van der Waals surface area (Å²) >= 11 is 0. The Morgan fingerprint density at radius 3 is 1.07 bits per heavy atom. The molecule has 0 radical (unpaired) electrons. The van der Waals surface area contributed by atoms with Gasteiger partial charge in [-0.15, -0.1) is 0 Å². The molecule has 0 bridgehead atoms. The monoisotopic (exact) mass is 911 g/mol. The minimum Gasteiger partial charge on any atom is -1.00 e. The molecule has 0 N–H and O–H groups in total. The van der Waals surface area contributed by atoms with E-state index in [-0.39, 0.29) is 68.9 Å². The van der Waals surface area contributed by atoms with Gasteiger partial charge in [0, 0.05) is 22.3 Å². The summed E-state index contributed by atoms with van der Waals surface area (Å²) in [5.74, 6) is 0. The molecule has 0 atom stereocenters. The number of unbranched alkanes of at least 4 members (excludes halogenated alkanes) is 2.